The molecule has 2 aliphatic heterocycles. The van der Waals surface area contributed by atoms with E-state index in [1.807, 2.05) is 60.7 Å². The number of amides is 1. The van der Waals surface area contributed by atoms with Gasteiger partial charge in [-0.2, -0.15) is 0 Å². The summed E-state index contributed by atoms with van der Waals surface area (Å²) in [6, 6.07) is 19.3. The maximum Gasteiger partial charge on any atom is 0.262 e. The van der Waals surface area contributed by atoms with E-state index in [2.05, 4.69) is 20.5 Å². The number of β-amino-alcohol motifs (C(OH)–C–C–N with tert-alkyl or cyclic N) is 1. The number of pyridine rings is 2. The van der Waals surface area contributed by atoms with Crippen LogP contribution in [-0.4, -0.2) is 69.2 Å². The largest absolute Gasteiger partial charge is 0.481 e. The van der Waals surface area contributed by atoms with Crippen LogP contribution in [-0.2, 0) is 17.9 Å². The van der Waals surface area contributed by atoms with E-state index in [0.29, 0.717) is 71.9 Å². The first-order valence-corrected chi connectivity index (χ1v) is 17.1. The summed E-state index contributed by atoms with van der Waals surface area (Å²) in [5, 5.41) is 17.2. The van der Waals surface area contributed by atoms with Gasteiger partial charge in [-0.1, -0.05) is 65.7 Å². The van der Waals surface area contributed by atoms with Crippen LogP contribution in [0.2, 0.25) is 10.0 Å². The van der Waals surface area contributed by atoms with Crippen LogP contribution in [0.25, 0.3) is 39.2 Å². The molecule has 3 aromatic heterocycles. The summed E-state index contributed by atoms with van der Waals surface area (Å²) in [5.74, 6) is 0.588. The number of nitrogens with zero attached hydrogens (tertiary/aromatic N) is 4. The molecule has 5 heterocycles. The van der Waals surface area contributed by atoms with E-state index in [0.717, 1.165) is 46.3 Å². The number of hydrogen-bond donors (Lipinski definition) is 3. The maximum atomic E-state index is 13.3. The van der Waals surface area contributed by atoms with Crippen LogP contribution < -0.4 is 20.9 Å². The number of ether oxygens (including phenoxy) is 1. The second kappa shape index (κ2) is 14.3. The standard InChI is InChI=1S/C37H36Cl2N6O4/c1-49-36-23(17-40-19-25-9-11-33(47)42-25)8-10-31(43-36)30-7-3-6-29(35(30)39)28-5-2-4-27(34(28)38)22-12-15-45-32(16-22)41-18-24(37(45)48)20-44-14-13-26(46)21-44/h2-8,10,12,15-16,18,25-26,40,46H,9,11,13-14,17,19-21H2,1H3,(H,42,47)/t25-,26-/m1/s1. The molecule has 2 aromatic carbocycles. The lowest BCUT2D eigenvalue weighted by atomic mass is 9.97. The van der Waals surface area contributed by atoms with Crippen LogP contribution in [0.3, 0.4) is 0 Å². The third kappa shape index (κ3) is 6.92. The first kappa shape index (κ1) is 33.2. The fourth-order valence-corrected chi connectivity index (χ4v) is 7.29. The minimum absolute atomic E-state index is 0.0944. The number of aromatic nitrogens is 3. The van der Waals surface area contributed by atoms with Crippen LogP contribution in [0.4, 0.5) is 0 Å². The molecule has 0 saturated carbocycles. The lowest BCUT2D eigenvalue weighted by Crippen LogP contribution is -2.35. The van der Waals surface area contributed by atoms with Crippen molar-refractivity contribution < 1.29 is 14.6 Å². The molecule has 5 aromatic rings. The van der Waals surface area contributed by atoms with E-state index in [4.69, 9.17) is 32.9 Å². The summed E-state index contributed by atoms with van der Waals surface area (Å²) < 4.78 is 7.18. The first-order valence-electron chi connectivity index (χ1n) is 16.3. The Morgan fingerprint density at radius 3 is 2.45 bits per heavy atom. The van der Waals surface area contributed by atoms with Crippen molar-refractivity contribution in [2.75, 3.05) is 26.7 Å². The molecule has 10 nitrogen and oxygen atoms in total. The third-order valence-electron chi connectivity index (χ3n) is 9.22. The predicted octanol–water partition coefficient (Wildman–Crippen LogP) is 5.34. The Kier molecular flexibility index (Phi) is 9.66. The van der Waals surface area contributed by atoms with Crippen molar-refractivity contribution in [3.05, 3.63) is 105 Å². The number of methoxy groups -OCH3 is 1. The smallest absolute Gasteiger partial charge is 0.262 e. The van der Waals surface area contributed by atoms with Crippen molar-refractivity contribution >= 4 is 34.8 Å². The monoisotopic (exact) mass is 698 g/mol. The molecule has 252 valence electrons. The average Bonchev–Trinajstić information content (AvgIpc) is 3.73. The fourth-order valence-electron chi connectivity index (χ4n) is 6.63. The Hall–Kier alpha value is -4.32. The molecule has 2 aliphatic rings. The van der Waals surface area contributed by atoms with Crippen molar-refractivity contribution in [1.82, 2.24) is 29.9 Å². The highest BCUT2D eigenvalue weighted by molar-refractivity contribution is 6.39. The molecule has 7 rings (SSSR count). The number of benzene rings is 2. The zero-order chi connectivity index (χ0) is 34.1. The molecule has 1 amide bonds. The Labute approximate surface area is 293 Å². The zero-order valence-electron chi connectivity index (χ0n) is 27.0. The van der Waals surface area contributed by atoms with Gasteiger partial charge in [0.2, 0.25) is 11.8 Å². The number of likely N-dealkylation sites (tertiary alicyclic amines) is 1. The van der Waals surface area contributed by atoms with Crippen molar-refractivity contribution in [3.8, 4) is 39.4 Å². The molecule has 0 bridgehead atoms. The third-order valence-corrected chi connectivity index (χ3v) is 10.0. The minimum atomic E-state index is -0.351. The lowest BCUT2D eigenvalue weighted by Gasteiger charge is -2.16. The molecule has 0 aliphatic carbocycles. The van der Waals surface area contributed by atoms with E-state index < -0.39 is 0 Å². The van der Waals surface area contributed by atoms with Gasteiger partial charge in [-0.25, -0.2) is 9.97 Å². The number of carbonyl (C=O) groups is 1. The van der Waals surface area contributed by atoms with Gasteiger partial charge in [0.15, 0.2) is 0 Å². The highest BCUT2D eigenvalue weighted by Gasteiger charge is 2.23. The normalized spacial score (nSPS) is 17.9. The molecule has 49 heavy (non-hydrogen) atoms. The van der Waals surface area contributed by atoms with Crippen LogP contribution in [0.1, 0.15) is 30.4 Å². The molecule has 2 fully saturated rings. The predicted molar refractivity (Wildman–Crippen MR) is 191 cm³/mol. The van der Waals surface area contributed by atoms with Gasteiger partial charge in [-0.05, 0) is 36.6 Å². The summed E-state index contributed by atoms with van der Waals surface area (Å²) in [7, 11) is 1.59. The minimum Gasteiger partial charge on any atom is -0.481 e. The quantitative estimate of drug-likeness (QED) is 0.179. The van der Waals surface area contributed by atoms with E-state index >= 15 is 0 Å². The average molecular weight is 700 g/mol. The maximum absolute atomic E-state index is 13.3. The number of halogens is 2. The molecule has 3 N–H and O–H groups in total. The zero-order valence-corrected chi connectivity index (χ0v) is 28.5. The SMILES string of the molecule is COc1nc(-c2cccc(-c3cccc(-c4ccn5c(=O)c(CN6CC[C@@H](O)C6)cnc5c4)c3Cl)c2Cl)ccc1CNC[C@H]1CCC(=O)N1. The van der Waals surface area contributed by atoms with Crippen LogP contribution in [0, 0.1) is 0 Å². The Balaban J connectivity index is 1.14. The number of aliphatic hydroxyl groups excluding tert-OH is 1. The van der Waals surface area contributed by atoms with Gasteiger partial charge in [0.1, 0.15) is 5.65 Å². The molecular formula is C37H36Cl2N6O4. The number of carbonyl (C=O) groups excluding carboxylic acids is 1. The van der Waals surface area contributed by atoms with Gasteiger partial charge in [-0.15, -0.1) is 0 Å². The second-order valence-electron chi connectivity index (χ2n) is 12.5. The Morgan fingerprint density at radius 2 is 1.73 bits per heavy atom. The summed E-state index contributed by atoms with van der Waals surface area (Å²) in [6.07, 6.45) is 5.11. The van der Waals surface area contributed by atoms with Gasteiger partial charge in [0.25, 0.3) is 5.56 Å². The summed E-state index contributed by atoms with van der Waals surface area (Å²) in [6.45, 7) is 2.98. The van der Waals surface area contributed by atoms with Gasteiger partial charge in [0.05, 0.1) is 34.5 Å². The lowest BCUT2D eigenvalue weighted by molar-refractivity contribution is -0.119. The van der Waals surface area contributed by atoms with Crippen LogP contribution in [0.5, 0.6) is 5.88 Å². The number of rotatable bonds is 10. The fraction of sp³-hybridized carbons (Fsp3) is 0.297. The van der Waals surface area contributed by atoms with Crippen molar-refractivity contribution in [1.29, 1.82) is 0 Å². The summed E-state index contributed by atoms with van der Waals surface area (Å²) >= 11 is 14.2. The molecule has 2 saturated heterocycles. The highest BCUT2D eigenvalue weighted by atomic mass is 35.5. The molecule has 2 atom stereocenters. The second-order valence-corrected chi connectivity index (χ2v) is 13.3. The molecule has 0 spiro atoms. The number of aliphatic hydroxyl groups is 1. The van der Waals surface area contributed by atoms with Gasteiger partial charge in [-0.3, -0.25) is 18.9 Å². The van der Waals surface area contributed by atoms with Crippen molar-refractivity contribution in [3.63, 3.8) is 0 Å². The van der Waals surface area contributed by atoms with E-state index in [-0.39, 0.29) is 23.6 Å². The number of fused-ring (bicyclic) bond motifs is 1. The Bertz CT molecular complexity index is 2100. The topological polar surface area (TPSA) is 121 Å². The molecule has 0 radical (unpaired) electrons. The van der Waals surface area contributed by atoms with Gasteiger partial charge in [0, 0.05) is 85.4 Å². The van der Waals surface area contributed by atoms with E-state index in [9.17, 15) is 14.7 Å². The molecular weight excluding hydrogens is 663 g/mol. The van der Waals surface area contributed by atoms with Crippen molar-refractivity contribution in [2.24, 2.45) is 0 Å². The molecule has 0 unspecified atom stereocenters. The van der Waals surface area contributed by atoms with Crippen LogP contribution >= 0.6 is 23.2 Å². The summed E-state index contributed by atoms with van der Waals surface area (Å²) in [5.41, 5.74) is 6.36. The first-order chi connectivity index (χ1) is 23.8. The van der Waals surface area contributed by atoms with Gasteiger partial charge < -0.3 is 20.5 Å². The van der Waals surface area contributed by atoms with E-state index in [1.54, 1.807) is 23.9 Å². The van der Waals surface area contributed by atoms with Crippen LogP contribution in [0.15, 0.2) is 77.9 Å². The number of nitrogens with one attached hydrogen (secondary N) is 2. The molecule has 12 heteroatoms. The van der Waals surface area contributed by atoms with E-state index in [1.165, 1.54) is 0 Å². The van der Waals surface area contributed by atoms with Crippen molar-refractivity contribution in [2.45, 2.75) is 44.5 Å². The Morgan fingerprint density at radius 1 is 0.980 bits per heavy atom. The van der Waals surface area contributed by atoms with Gasteiger partial charge >= 0.3 is 0 Å². The highest BCUT2D eigenvalue weighted by Crippen LogP contribution is 2.42. The number of hydrogen-bond acceptors (Lipinski definition) is 8. The summed E-state index contributed by atoms with van der Waals surface area (Å²) in [4.78, 5) is 36.2.